The Labute approximate surface area is 91.4 Å². The first-order chi connectivity index (χ1) is 7.65. The van der Waals surface area contributed by atoms with Crippen LogP contribution in [0.1, 0.15) is 18.2 Å². The first kappa shape index (κ1) is 9.80. The van der Waals surface area contributed by atoms with Gasteiger partial charge in [-0.15, -0.1) is 0 Å². The third kappa shape index (κ3) is 1.34. The second-order valence-electron chi connectivity index (χ2n) is 4.16. The van der Waals surface area contributed by atoms with Gasteiger partial charge in [-0.2, -0.15) is 4.98 Å². The topological polar surface area (TPSA) is 73.6 Å². The van der Waals surface area contributed by atoms with E-state index in [1.54, 1.807) is 17.7 Å². The molecule has 1 aromatic heterocycles. The van der Waals surface area contributed by atoms with E-state index in [0.717, 1.165) is 0 Å². The number of fused-ring (bicyclic) bond motifs is 4. The molecule has 0 saturated carbocycles. The zero-order valence-corrected chi connectivity index (χ0v) is 8.79. The van der Waals surface area contributed by atoms with Gasteiger partial charge in [-0.1, -0.05) is 0 Å². The van der Waals surface area contributed by atoms with Crippen molar-refractivity contribution in [1.29, 1.82) is 0 Å². The van der Waals surface area contributed by atoms with Crippen LogP contribution in [0.2, 0.25) is 0 Å². The van der Waals surface area contributed by atoms with E-state index in [0.29, 0.717) is 12.0 Å². The Morgan fingerprint density at radius 3 is 3.25 bits per heavy atom. The molecular formula is C10H12N2O4. The molecule has 2 aliphatic heterocycles. The summed E-state index contributed by atoms with van der Waals surface area (Å²) in [7, 11) is 0. The minimum absolute atomic E-state index is 0.229. The molecule has 0 aliphatic carbocycles. The SMILES string of the molecule is Cc1cn2c(nc1=O)OC[C@@H]1O[C@H]2C[C@H]1O. The van der Waals surface area contributed by atoms with Gasteiger partial charge in [-0.3, -0.25) is 9.36 Å². The van der Waals surface area contributed by atoms with Gasteiger partial charge in [0.1, 0.15) is 18.9 Å². The second-order valence-corrected chi connectivity index (χ2v) is 4.16. The molecule has 6 heteroatoms. The van der Waals surface area contributed by atoms with Crippen LogP contribution in [-0.4, -0.2) is 33.5 Å². The normalized spacial score (nSPS) is 31.8. The molecule has 0 spiro atoms. The predicted molar refractivity (Wildman–Crippen MR) is 53.3 cm³/mol. The minimum atomic E-state index is -0.516. The molecule has 3 atom stereocenters. The third-order valence-electron chi connectivity index (χ3n) is 2.98. The highest BCUT2D eigenvalue weighted by Gasteiger charge is 2.39. The molecule has 0 radical (unpaired) electrons. The fourth-order valence-corrected chi connectivity index (χ4v) is 2.06. The molecule has 3 rings (SSSR count). The quantitative estimate of drug-likeness (QED) is 0.648. The summed E-state index contributed by atoms with van der Waals surface area (Å²) in [6, 6.07) is 0.273. The van der Waals surface area contributed by atoms with Gasteiger partial charge in [-0.25, -0.2) is 0 Å². The Balaban J connectivity index is 2.10. The lowest BCUT2D eigenvalue weighted by Gasteiger charge is -2.16. The van der Waals surface area contributed by atoms with Gasteiger partial charge in [0.15, 0.2) is 0 Å². The standard InChI is InChI=1S/C10H12N2O4/c1-5-3-12-8-2-6(13)7(16-8)4-15-10(12)11-9(5)14/h3,6-8,13H,2,4H2,1H3/t6-,7+,8+/m1/s1. The first-order valence-corrected chi connectivity index (χ1v) is 5.21. The summed E-state index contributed by atoms with van der Waals surface area (Å²) in [5, 5.41) is 9.67. The van der Waals surface area contributed by atoms with Crippen molar-refractivity contribution in [3.63, 3.8) is 0 Å². The fourth-order valence-electron chi connectivity index (χ4n) is 2.06. The van der Waals surface area contributed by atoms with Gasteiger partial charge in [0, 0.05) is 18.2 Å². The van der Waals surface area contributed by atoms with Crippen molar-refractivity contribution in [2.75, 3.05) is 6.61 Å². The number of rotatable bonds is 0. The average molecular weight is 224 g/mol. The highest BCUT2D eigenvalue weighted by atomic mass is 16.6. The summed E-state index contributed by atoms with van der Waals surface area (Å²) in [4.78, 5) is 15.2. The zero-order chi connectivity index (χ0) is 11.3. The molecule has 1 aromatic rings. The van der Waals surface area contributed by atoms with Crippen LogP contribution in [0.15, 0.2) is 11.0 Å². The highest BCUT2D eigenvalue weighted by Crippen LogP contribution is 2.33. The summed E-state index contributed by atoms with van der Waals surface area (Å²) in [6.45, 7) is 1.92. The van der Waals surface area contributed by atoms with E-state index < -0.39 is 6.10 Å². The Kier molecular flexibility index (Phi) is 2.02. The fraction of sp³-hybridized carbons (Fsp3) is 0.600. The van der Waals surface area contributed by atoms with E-state index in [4.69, 9.17) is 9.47 Å². The molecule has 16 heavy (non-hydrogen) atoms. The molecule has 6 nitrogen and oxygen atoms in total. The number of aromatic nitrogens is 2. The predicted octanol–water partition coefficient (Wildman–Crippen LogP) is -0.407. The lowest BCUT2D eigenvalue weighted by atomic mass is 10.2. The molecular weight excluding hydrogens is 212 g/mol. The minimum Gasteiger partial charge on any atom is -0.462 e. The van der Waals surface area contributed by atoms with Crippen molar-refractivity contribution in [2.45, 2.75) is 31.8 Å². The molecule has 0 unspecified atom stereocenters. The van der Waals surface area contributed by atoms with E-state index in [1.165, 1.54) is 0 Å². The van der Waals surface area contributed by atoms with E-state index in [-0.39, 0.29) is 30.5 Å². The smallest absolute Gasteiger partial charge is 0.301 e. The van der Waals surface area contributed by atoms with E-state index in [2.05, 4.69) is 4.98 Å². The van der Waals surface area contributed by atoms with Crippen LogP contribution in [0.4, 0.5) is 0 Å². The maximum atomic E-state index is 11.4. The average Bonchev–Trinajstić information content (AvgIpc) is 2.51. The molecule has 86 valence electrons. The van der Waals surface area contributed by atoms with Crippen LogP contribution in [-0.2, 0) is 4.74 Å². The number of hydrogen-bond donors (Lipinski definition) is 1. The lowest BCUT2D eigenvalue weighted by molar-refractivity contribution is -0.0205. The van der Waals surface area contributed by atoms with Crippen molar-refractivity contribution in [1.82, 2.24) is 9.55 Å². The van der Waals surface area contributed by atoms with Gasteiger partial charge < -0.3 is 14.6 Å². The Morgan fingerprint density at radius 2 is 2.44 bits per heavy atom. The molecule has 0 amide bonds. The molecule has 1 fully saturated rings. The van der Waals surface area contributed by atoms with Crippen LogP contribution in [0.25, 0.3) is 0 Å². The van der Waals surface area contributed by atoms with Crippen molar-refractivity contribution < 1.29 is 14.6 Å². The maximum Gasteiger partial charge on any atom is 0.301 e. The Hall–Kier alpha value is -1.40. The summed E-state index contributed by atoms with van der Waals surface area (Å²) in [5.41, 5.74) is 0.250. The number of aliphatic hydroxyl groups is 1. The van der Waals surface area contributed by atoms with Gasteiger partial charge in [0.2, 0.25) is 0 Å². The number of aliphatic hydroxyl groups excluding tert-OH is 1. The van der Waals surface area contributed by atoms with Crippen molar-refractivity contribution in [3.05, 3.63) is 22.1 Å². The number of nitrogens with zero attached hydrogens (tertiary/aromatic N) is 2. The van der Waals surface area contributed by atoms with E-state index in [1.807, 2.05) is 0 Å². The number of aryl methyl sites for hydroxylation is 1. The monoisotopic (exact) mass is 224 g/mol. The molecule has 2 aliphatic rings. The highest BCUT2D eigenvalue weighted by molar-refractivity contribution is 5.11. The number of ether oxygens (including phenoxy) is 2. The third-order valence-corrected chi connectivity index (χ3v) is 2.98. The van der Waals surface area contributed by atoms with E-state index >= 15 is 0 Å². The summed E-state index contributed by atoms with van der Waals surface area (Å²) < 4.78 is 12.6. The second kappa shape index (κ2) is 3.29. The van der Waals surface area contributed by atoms with Gasteiger partial charge >= 0.3 is 6.01 Å². The summed E-state index contributed by atoms with van der Waals surface area (Å²) >= 11 is 0. The van der Waals surface area contributed by atoms with Crippen LogP contribution in [0.5, 0.6) is 6.01 Å². The van der Waals surface area contributed by atoms with Crippen molar-refractivity contribution in [3.8, 4) is 6.01 Å². The van der Waals surface area contributed by atoms with Crippen LogP contribution in [0.3, 0.4) is 0 Å². The Morgan fingerprint density at radius 1 is 1.62 bits per heavy atom. The van der Waals surface area contributed by atoms with Crippen LogP contribution < -0.4 is 10.3 Å². The first-order valence-electron chi connectivity index (χ1n) is 5.21. The Bertz CT molecular complexity index is 484. The van der Waals surface area contributed by atoms with Gasteiger partial charge in [0.25, 0.3) is 5.56 Å². The molecule has 2 bridgehead atoms. The summed E-state index contributed by atoms with van der Waals surface area (Å²) in [6.07, 6.45) is 1.03. The molecule has 0 aromatic carbocycles. The largest absolute Gasteiger partial charge is 0.462 e. The maximum absolute atomic E-state index is 11.4. The van der Waals surface area contributed by atoms with Gasteiger partial charge in [-0.05, 0) is 6.92 Å². The van der Waals surface area contributed by atoms with Crippen molar-refractivity contribution >= 4 is 0 Å². The molecule has 1 saturated heterocycles. The summed E-state index contributed by atoms with van der Waals surface area (Å²) in [5.74, 6) is 0. The van der Waals surface area contributed by atoms with Crippen LogP contribution >= 0.6 is 0 Å². The zero-order valence-electron chi connectivity index (χ0n) is 8.79. The number of hydrogen-bond acceptors (Lipinski definition) is 5. The van der Waals surface area contributed by atoms with Crippen LogP contribution in [0, 0.1) is 6.92 Å². The lowest BCUT2D eigenvalue weighted by Crippen LogP contribution is -2.28. The van der Waals surface area contributed by atoms with Crippen molar-refractivity contribution in [2.24, 2.45) is 0 Å². The van der Waals surface area contributed by atoms with E-state index in [9.17, 15) is 9.90 Å². The molecule has 1 N–H and O–H groups in total. The molecule has 3 heterocycles. The van der Waals surface area contributed by atoms with Gasteiger partial charge in [0.05, 0.1) is 6.10 Å².